The van der Waals surface area contributed by atoms with Crippen molar-refractivity contribution in [3.05, 3.63) is 35.2 Å². The Bertz CT molecular complexity index is 748. The lowest BCUT2D eigenvalue weighted by Crippen LogP contribution is -2.28. The Hall–Kier alpha value is -2.00. The van der Waals surface area contributed by atoms with Crippen LogP contribution < -0.4 is 16.4 Å². The van der Waals surface area contributed by atoms with Gasteiger partial charge in [0.15, 0.2) is 5.13 Å². The number of benzene rings is 1. The van der Waals surface area contributed by atoms with Crippen LogP contribution in [-0.2, 0) is 20.7 Å². The van der Waals surface area contributed by atoms with Crippen molar-refractivity contribution in [1.29, 1.82) is 0 Å². The molecule has 7 nitrogen and oxygen atoms in total. The second kappa shape index (κ2) is 12.5. The predicted molar refractivity (Wildman–Crippen MR) is 115 cm³/mol. The third-order valence-electron chi connectivity index (χ3n) is 4.03. The number of nitrogens with two attached hydrogens (primary N) is 1. The largest absolute Gasteiger partial charge is 0.380 e. The molecule has 1 unspecified atom stereocenters. The van der Waals surface area contributed by atoms with Gasteiger partial charge >= 0.3 is 0 Å². The lowest BCUT2D eigenvalue weighted by molar-refractivity contribution is -0.119. The molecule has 0 saturated carbocycles. The van der Waals surface area contributed by atoms with Gasteiger partial charge in [-0.2, -0.15) is 0 Å². The van der Waals surface area contributed by atoms with Gasteiger partial charge in [0.05, 0.1) is 18.2 Å². The minimum atomic E-state index is -0.289. The summed E-state index contributed by atoms with van der Waals surface area (Å²) in [6.07, 6.45) is 1.72. The van der Waals surface area contributed by atoms with Crippen molar-refractivity contribution < 1.29 is 14.3 Å². The van der Waals surface area contributed by atoms with Gasteiger partial charge in [-0.15, -0.1) is 23.7 Å². The molecule has 2 aromatic rings. The van der Waals surface area contributed by atoms with E-state index >= 15 is 0 Å². The average Bonchev–Trinajstić information content (AvgIpc) is 3.12. The zero-order valence-electron chi connectivity index (χ0n) is 16.1. The fraction of sp³-hybridized carbons (Fsp3) is 0.421. The molecule has 9 heteroatoms. The normalized spacial score (nSPS) is 11.4. The van der Waals surface area contributed by atoms with Gasteiger partial charge in [-0.25, -0.2) is 4.98 Å². The summed E-state index contributed by atoms with van der Waals surface area (Å²) in [7, 11) is 1.54. The van der Waals surface area contributed by atoms with Crippen molar-refractivity contribution in [3.63, 3.8) is 0 Å². The number of carbonyl (C=O) groups is 2. The van der Waals surface area contributed by atoms with E-state index in [-0.39, 0.29) is 36.7 Å². The van der Waals surface area contributed by atoms with Gasteiger partial charge in [-0.1, -0.05) is 24.3 Å². The minimum Gasteiger partial charge on any atom is -0.380 e. The van der Waals surface area contributed by atoms with E-state index < -0.39 is 0 Å². The zero-order valence-corrected chi connectivity index (χ0v) is 17.7. The number of hydrogen-bond donors (Lipinski definition) is 3. The Morgan fingerprint density at radius 3 is 2.61 bits per heavy atom. The maximum atomic E-state index is 12.0. The summed E-state index contributed by atoms with van der Waals surface area (Å²) >= 11 is 1.38. The third-order valence-corrected chi connectivity index (χ3v) is 4.78. The quantitative estimate of drug-likeness (QED) is 0.506. The van der Waals surface area contributed by atoms with Crippen LogP contribution in [0, 0.1) is 0 Å². The van der Waals surface area contributed by atoms with E-state index in [0.29, 0.717) is 18.2 Å². The van der Waals surface area contributed by atoms with Crippen LogP contribution in [0.4, 0.5) is 5.13 Å². The van der Waals surface area contributed by atoms with Gasteiger partial charge in [0.2, 0.25) is 11.8 Å². The van der Waals surface area contributed by atoms with E-state index in [1.807, 2.05) is 17.5 Å². The van der Waals surface area contributed by atoms with Crippen LogP contribution in [0.2, 0.25) is 0 Å². The van der Waals surface area contributed by atoms with Crippen molar-refractivity contribution >= 4 is 40.7 Å². The molecule has 0 aliphatic heterocycles. The fourth-order valence-corrected chi connectivity index (χ4v) is 3.24. The monoisotopic (exact) mass is 426 g/mol. The molecule has 0 saturated heterocycles. The second-order valence-electron chi connectivity index (χ2n) is 6.17. The van der Waals surface area contributed by atoms with Crippen LogP contribution in [-0.4, -0.2) is 43.1 Å². The first kappa shape index (κ1) is 24.0. The number of rotatable bonds is 10. The Morgan fingerprint density at radius 1 is 1.29 bits per heavy atom. The molecule has 0 aliphatic rings. The van der Waals surface area contributed by atoms with Gasteiger partial charge in [0.1, 0.15) is 0 Å². The topological polar surface area (TPSA) is 106 Å². The summed E-state index contributed by atoms with van der Waals surface area (Å²) in [5.41, 5.74) is 8.56. The Balaban J connectivity index is 0.00000392. The van der Waals surface area contributed by atoms with E-state index in [1.54, 1.807) is 0 Å². The molecule has 1 atom stereocenters. The summed E-state index contributed by atoms with van der Waals surface area (Å²) in [4.78, 5) is 27.3. The molecule has 2 rings (SSSR count). The number of amides is 2. The predicted octanol–water partition coefficient (Wildman–Crippen LogP) is 2.60. The van der Waals surface area contributed by atoms with Crippen LogP contribution >= 0.6 is 23.7 Å². The molecular formula is C19H27ClN4O3S. The number of carbonyl (C=O) groups excluding carboxylic acids is 2. The molecule has 0 fully saturated rings. The molecule has 0 spiro atoms. The summed E-state index contributed by atoms with van der Waals surface area (Å²) in [5.74, 6) is -0.166. The number of hydrogen-bond acceptors (Lipinski definition) is 6. The van der Waals surface area contributed by atoms with E-state index in [4.69, 9.17) is 10.5 Å². The highest BCUT2D eigenvalue weighted by atomic mass is 35.5. The first-order valence-corrected chi connectivity index (χ1v) is 9.71. The number of anilines is 1. The van der Waals surface area contributed by atoms with Gasteiger partial charge in [-0.05, 0) is 18.4 Å². The number of nitrogens with one attached hydrogen (secondary N) is 2. The molecule has 0 bridgehead atoms. The highest BCUT2D eigenvalue weighted by Crippen LogP contribution is 2.25. The number of methoxy groups -OCH3 is 1. The zero-order chi connectivity index (χ0) is 19.6. The molecule has 0 aliphatic carbocycles. The maximum Gasteiger partial charge on any atom is 0.228 e. The first-order chi connectivity index (χ1) is 13.0. The van der Waals surface area contributed by atoms with Crippen molar-refractivity contribution in [2.24, 2.45) is 5.73 Å². The molecular weight excluding hydrogens is 400 g/mol. The van der Waals surface area contributed by atoms with Crippen molar-refractivity contribution in [1.82, 2.24) is 10.3 Å². The molecule has 0 radical (unpaired) electrons. The maximum absolute atomic E-state index is 12.0. The van der Waals surface area contributed by atoms with E-state index in [2.05, 4.69) is 27.8 Å². The number of thiazole rings is 1. The minimum absolute atomic E-state index is 0. The van der Waals surface area contributed by atoms with Gasteiger partial charge in [-0.3, -0.25) is 9.59 Å². The molecule has 1 heterocycles. The van der Waals surface area contributed by atoms with Gasteiger partial charge in [0.25, 0.3) is 0 Å². The smallest absolute Gasteiger partial charge is 0.228 e. The van der Waals surface area contributed by atoms with Crippen molar-refractivity contribution in [2.45, 2.75) is 32.3 Å². The van der Waals surface area contributed by atoms with Crippen LogP contribution in [0.25, 0.3) is 11.3 Å². The molecule has 1 aromatic carbocycles. The summed E-state index contributed by atoms with van der Waals surface area (Å²) < 4.78 is 5.12. The molecule has 2 amide bonds. The van der Waals surface area contributed by atoms with Crippen molar-refractivity contribution in [3.8, 4) is 11.3 Å². The first-order valence-electron chi connectivity index (χ1n) is 8.83. The standard InChI is InChI=1S/C19H26N4O3S.ClH/c1-13(24)21-9-3-4-14-5-7-15(8-6-14)17-12-27-19(22-17)23-18(25)10-16(11-20)26-2;/h5-8,12,16H,3-4,9-11,20H2,1-2H3,(H,21,24)(H,22,23,25);1H. The summed E-state index contributed by atoms with van der Waals surface area (Å²) in [6, 6.07) is 8.16. The second-order valence-corrected chi connectivity index (χ2v) is 7.03. The number of nitrogens with zero attached hydrogens (tertiary/aromatic N) is 1. The van der Waals surface area contributed by atoms with Crippen molar-refractivity contribution in [2.75, 3.05) is 25.5 Å². The fourth-order valence-electron chi connectivity index (χ4n) is 2.50. The lowest BCUT2D eigenvalue weighted by Gasteiger charge is -2.11. The molecule has 4 N–H and O–H groups in total. The van der Waals surface area contributed by atoms with Crippen LogP contribution in [0.3, 0.4) is 0 Å². The molecule has 1 aromatic heterocycles. The highest BCUT2D eigenvalue weighted by Gasteiger charge is 2.13. The third kappa shape index (κ3) is 7.93. The van der Waals surface area contributed by atoms with Gasteiger partial charge < -0.3 is 21.1 Å². The summed E-state index contributed by atoms with van der Waals surface area (Å²) in [6.45, 7) is 2.50. The van der Waals surface area contributed by atoms with E-state index in [0.717, 1.165) is 24.1 Å². The molecule has 28 heavy (non-hydrogen) atoms. The van der Waals surface area contributed by atoms with E-state index in [1.165, 1.54) is 30.9 Å². The van der Waals surface area contributed by atoms with Crippen LogP contribution in [0.1, 0.15) is 25.3 Å². The number of halogens is 1. The average molecular weight is 427 g/mol. The number of aryl methyl sites for hydroxylation is 1. The van der Waals surface area contributed by atoms with Gasteiger partial charge in [0, 0.05) is 38.1 Å². The summed E-state index contributed by atoms with van der Waals surface area (Å²) in [5, 5.41) is 8.05. The lowest BCUT2D eigenvalue weighted by atomic mass is 10.1. The van der Waals surface area contributed by atoms with E-state index in [9.17, 15) is 9.59 Å². The van der Waals surface area contributed by atoms with Crippen LogP contribution in [0.15, 0.2) is 29.6 Å². The number of aromatic nitrogens is 1. The SMILES string of the molecule is COC(CN)CC(=O)Nc1nc(-c2ccc(CCCNC(C)=O)cc2)cs1.Cl. The van der Waals surface area contributed by atoms with Crippen LogP contribution in [0.5, 0.6) is 0 Å². The molecule has 154 valence electrons. The highest BCUT2D eigenvalue weighted by molar-refractivity contribution is 7.14. The number of ether oxygens (including phenoxy) is 1. The Labute approximate surface area is 175 Å². The Kier molecular flexibility index (Phi) is 10.7. The Morgan fingerprint density at radius 2 is 2.00 bits per heavy atom.